The third kappa shape index (κ3) is 3.94. The van der Waals surface area contributed by atoms with Gasteiger partial charge in [-0.2, -0.15) is 5.26 Å². The van der Waals surface area contributed by atoms with Crippen LogP contribution in [0.3, 0.4) is 0 Å². The molecule has 26 heavy (non-hydrogen) atoms. The van der Waals surface area contributed by atoms with E-state index in [0.29, 0.717) is 21.7 Å². The summed E-state index contributed by atoms with van der Waals surface area (Å²) in [5, 5.41) is 9.22. The summed E-state index contributed by atoms with van der Waals surface area (Å²) in [6.07, 6.45) is 1.62. The van der Waals surface area contributed by atoms with Crippen LogP contribution >= 0.6 is 11.8 Å². The van der Waals surface area contributed by atoms with Crippen molar-refractivity contribution in [3.8, 4) is 6.07 Å². The monoisotopic (exact) mass is 362 g/mol. The molecule has 3 rings (SSSR count). The van der Waals surface area contributed by atoms with Crippen LogP contribution in [0.25, 0.3) is 0 Å². The zero-order valence-electron chi connectivity index (χ0n) is 13.5. The molecule has 128 valence electrons. The predicted octanol–water partition coefficient (Wildman–Crippen LogP) is 3.11. The van der Waals surface area contributed by atoms with Crippen molar-refractivity contribution >= 4 is 23.6 Å². The van der Waals surface area contributed by atoms with E-state index in [-0.39, 0.29) is 0 Å². The summed E-state index contributed by atoms with van der Waals surface area (Å²) in [7, 11) is 0. The summed E-state index contributed by atoms with van der Waals surface area (Å²) in [4.78, 5) is 28.6. The van der Waals surface area contributed by atoms with Crippen molar-refractivity contribution in [1.82, 2.24) is 15.8 Å². The summed E-state index contributed by atoms with van der Waals surface area (Å²) in [5.74, 6) is -0.884. The number of aromatic nitrogens is 1. The molecular formula is C19H14N4O2S. The Kier molecular flexibility index (Phi) is 5.37. The van der Waals surface area contributed by atoms with E-state index >= 15 is 0 Å². The Morgan fingerprint density at radius 1 is 0.885 bits per heavy atom. The maximum absolute atomic E-state index is 12.5. The number of benzene rings is 2. The summed E-state index contributed by atoms with van der Waals surface area (Å²) in [6.45, 7) is 0. The molecule has 0 saturated heterocycles. The zero-order chi connectivity index (χ0) is 18.4. The van der Waals surface area contributed by atoms with Gasteiger partial charge in [-0.15, -0.1) is 0 Å². The van der Waals surface area contributed by atoms with Crippen molar-refractivity contribution in [2.45, 2.75) is 9.79 Å². The standard InChI is InChI=1S/C19H14N4O2S/c20-12-13-6-1-3-9-16(13)26-17-10-4-2-7-14(17)18(24)22-23-19(25)15-8-5-11-21-15/h1-11,21H,(H,22,24)(H,23,25). The van der Waals surface area contributed by atoms with Gasteiger partial charge >= 0.3 is 0 Å². The van der Waals surface area contributed by atoms with Crippen LogP contribution in [-0.2, 0) is 0 Å². The van der Waals surface area contributed by atoms with Crippen LogP contribution in [0.1, 0.15) is 26.4 Å². The van der Waals surface area contributed by atoms with Gasteiger partial charge in [0.05, 0.1) is 11.1 Å². The van der Waals surface area contributed by atoms with Crippen LogP contribution < -0.4 is 10.9 Å². The second-order valence-electron chi connectivity index (χ2n) is 5.20. The maximum atomic E-state index is 12.5. The maximum Gasteiger partial charge on any atom is 0.286 e. The van der Waals surface area contributed by atoms with Gasteiger partial charge in [0.1, 0.15) is 11.8 Å². The fourth-order valence-electron chi connectivity index (χ4n) is 2.23. The number of hydrogen-bond acceptors (Lipinski definition) is 4. The van der Waals surface area contributed by atoms with Crippen molar-refractivity contribution < 1.29 is 9.59 Å². The average Bonchev–Trinajstić information content (AvgIpc) is 3.21. The lowest BCUT2D eigenvalue weighted by Crippen LogP contribution is -2.41. The van der Waals surface area contributed by atoms with Gasteiger partial charge in [-0.25, -0.2) is 0 Å². The average molecular weight is 362 g/mol. The van der Waals surface area contributed by atoms with Gasteiger partial charge in [-0.1, -0.05) is 36.0 Å². The first-order valence-electron chi connectivity index (χ1n) is 7.69. The first-order chi connectivity index (χ1) is 12.7. The normalized spacial score (nSPS) is 9.96. The number of H-pyrrole nitrogens is 1. The van der Waals surface area contributed by atoms with Gasteiger partial charge in [-0.3, -0.25) is 20.4 Å². The van der Waals surface area contributed by atoms with E-state index in [0.717, 1.165) is 4.90 Å². The van der Waals surface area contributed by atoms with E-state index in [1.165, 1.54) is 11.8 Å². The Hall–Kier alpha value is -3.50. The van der Waals surface area contributed by atoms with E-state index in [1.807, 2.05) is 18.2 Å². The largest absolute Gasteiger partial charge is 0.357 e. The minimum atomic E-state index is -0.442. The Morgan fingerprint density at radius 3 is 2.31 bits per heavy atom. The highest BCUT2D eigenvalue weighted by molar-refractivity contribution is 7.99. The second kappa shape index (κ2) is 8.05. The molecule has 0 unspecified atom stereocenters. The van der Waals surface area contributed by atoms with E-state index in [4.69, 9.17) is 0 Å². The zero-order valence-corrected chi connectivity index (χ0v) is 14.3. The Bertz CT molecular complexity index is 977. The third-order valence-electron chi connectivity index (χ3n) is 3.49. The number of nitrogens with zero attached hydrogens (tertiary/aromatic N) is 1. The van der Waals surface area contributed by atoms with E-state index in [1.54, 1.807) is 48.7 Å². The fraction of sp³-hybridized carbons (Fsp3) is 0. The van der Waals surface area contributed by atoms with Crippen LogP contribution in [0, 0.1) is 11.3 Å². The van der Waals surface area contributed by atoms with Crippen molar-refractivity contribution in [2.24, 2.45) is 0 Å². The number of hydrazine groups is 1. The van der Waals surface area contributed by atoms with Crippen LogP contribution in [-0.4, -0.2) is 16.8 Å². The van der Waals surface area contributed by atoms with Gasteiger partial charge in [-0.05, 0) is 36.4 Å². The number of hydrogen-bond donors (Lipinski definition) is 3. The molecule has 1 heterocycles. The second-order valence-corrected chi connectivity index (χ2v) is 6.28. The molecule has 0 atom stereocenters. The Labute approximate surface area is 154 Å². The van der Waals surface area contributed by atoms with Crippen molar-refractivity contribution in [3.05, 3.63) is 83.7 Å². The lowest BCUT2D eigenvalue weighted by atomic mass is 10.2. The minimum absolute atomic E-state index is 0.343. The predicted molar refractivity (Wildman–Crippen MR) is 97.4 cm³/mol. The molecule has 3 N–H and O–H groups in total. The molecule has 0 spiro atoms. The molecule has 2 amide bonds. The molecular weight excluding hydrogens is 348 g/mol. The summed E-state index contributed by atoms with van der Waals surface area (Å²) >= 11 is 1.32. The van der Waals surface area contributed by atoms with Gasteiger partial charge in [0, 0.05) is 16.0 Å². The number of amides is 2. The molecule has 7 heteroatoms. The minimum Gasteiger partial charge on any atom is -0.357 e. The lowest BCUT2D eigenvalue weighted by molar-refractivity contribution is 0.0842. The first kappa shape index (κ1) is 17.3. The molecule has 3 aromatic rings. The van der Waals surface area contributed by atoms with E-state index in [9.17, 15) is 14.9 Å². The van der Waals surface area contributed by atoms with E-state index < -0.39 is 11.8 Å². The number of nitriles is 1. The Balaban J connectivity index is 1.75. The quantitative estimate of drug-likeness (QED) is 0.621. The van der Waals surface area contributed by atoms with E-state index in [2.05, 4.69) is 21.9 Å². The fourth-order valence-corrected chi connectivity index (χ4v) is 3.25. The van der Waals surface area contributed by atoms with Crippen molar-refractivity contribution in [3.63, 3.8) is 0 Å². The van der Waals surface area contributed by atoms with Gasteiger partial charge in [0.25, 0.3) is 11.8 Å². The summed E-state index contributed by atoms with van der Waals surface area (Å²) in [5.41, 5.74) is 6.05. The molecule has 6 nitrogen and oxygen atoms in total. The first-order valence-corrected chi connectivity index (χ1v) is 8.51. The van der Waals surface area contributed by atoms with Crippen molar-refractivity contribution in [1.29, 1.82) is 5.26 Å². The van der Waals surface area contributed by atoms with Gasteiger partial charge in [0.15, 0.2) is 0 Å². The highest BCUT2D eigenvalue weighted by Gasteiger charge is 2.14. The molecule has 0 fully saturated rings. The summed E-state index contributed by atoms with van der Waals surface area (Å²) in [6, 6.07) is 19.6. The highest BCUT2D eigenvalue weighted by atomic mass is 32.2. The van der Waals surface area contributed by atoms with Gasteiger partial charge < -0.3 is 4.98 Å². The number of carbonyl (C=O) groups is 2. The number of rotatable bonds is 4. The van der Waals surface area contributed by atoms with Gasteiger partial charge in [0.2, 0.25) is 0 Å². The SMILES string of the molecule is N#Cc1ccccc1Sc1ccccc1C(=O)NNC(=O)c1ccc[nH]1. The third-order valence-corrected chi connectivity index (χ3v) is 4.64. The number of aromatic amines is 1. The molecule has 0 aliphatic carbocycles. The molecule has 0 saturated carbocycles. The van der Waals surface area contributed by atoms with Crippen molar-refractivity contribution in [2.75, 3.05) is 0 Å². The van der Waals surface area contributed by atoms with Crippen LogP contribution in [0.5, 0.6) is 0 Å². The van der Waals surface area contributed by atoms with Crippen LogP contribution in [0.15, 0.2) is 76.7 Å². The smallest absolute Gasteiger partial charge is 0.286 e. The topological polar surface area (TPSA) is 97.8 Å². The lowest BCUT2D eigenvalue weighted by Gasteiger charge is -2.11. The molecule has 2 aromatic carbocycles. The van der Waals surface area contributed by atoms with Crippen LogP contribution in [0.2, 0.25) is 0 Å². The molecule has 0 radical (unpaired) electrons. The molecule has 0 bridgehead atoms. The Morgan fingerprint density at radius 2 is 1.58 bits per heavy atom. The molecule has 0 aliphatic heterocycles. The van der Waals surface area contributed by atoms with Crippen LogP contribution in [0.4, 0.5) is 0 Å². The molecule has 0 aliphatic rings. The highest BCUT2D eigenvalue weighted by Crippen LogP contribution is 2.32. The number of carbonyl (C=O) groups excluding carboxylic acids is 2. The summed E-state index contributed by atoms with van der Waals surface area (Å²) < 4.78 is 0. The molecule has 1 aromatic heterocycles. The number of nitrogens with one attached hydrogen (secondary N) is 3.